The Balaban J connectivity index is 2.78. The Morgan fingerprint density at radius 1 is 1.19 bits per heavy atom. The minimum atomic E-state index is -3.48. The van der Waals surface area contributed by atoms with Gasteiger partial charge in [-0.3, -0.25) is 0 Å². The van der Waals surface area contributed by atoms with E-state index in [2.05, 4.69) is 9.44 Å². The van der Waals surface area contributed by atoms with Crippen molar-refractivity contribution in [3.8, 4) is 5.75 Å². The van der Waals surface area contributed by atoms with Crippen LogP contribution < -0.4 is 14.2 Å². The molecule has 0 fully saturated rings. The molecular weight excluding hydrogens is 290 g/mol. The number of likely N-dealkylation sites (N-methyl/N-ethyl adjacent to an activating group) is 1. The van der Waals surface area contributed by atoms with Gasteiger partial charge in [-0.2, -0.15) is 13.1 Å². The topological polar surface area (TPSA) is 70.7 Å². The standard InChI is InChI=1S/C14H25N3O3S/c1-11(2)16-21(18,19)15-10-14(17(3)4)12-6-8-13(20-5)9-7-12/h6-9,11,14-16H,10H2,1-5H3. The number of nitrogens with one attached hydrogen (secondary N) is 2. The van der Waals surface area contributed by atoms with E-state index in [9.17, 15) is 8.42 Å². The monoisotopic (exact) mass is 315 g/mol. The van der Waals surface area contributed by atoms with Crippen LogP contribution in [0.4, 0.5) is 0 Å². The van der Waals surface area contributed by atoms with Crippen LogP contribution in [0.25, 0.3) is 0 Å². The van der Waals surface area contributed by atoms with Crippen molar-refractivity contribution in [1.82, 2.24) is 14.3 Å². The van der Waals surface area contributed by atoms with Gasteiger partial charge in [0.05, 0.1) is 7.11 Å². The first-order valence-corrected chi connectivity index (χ1v) is 8.30. The van der Waals surface area contributed by atoms with E-state index in [0.717, 1.165) is 11.3 Å². The molecule has 0 aliphatic carbocycles. The third kappa shape index (κ3) is 6.01. The van der Waals surface area contributed by atoms with E-state index in [1.54, 1.807) is 21.0 Å². The SMILES string of the molecule is COc1ccc(C(CNS(=O)(=O)NC(C)C)N(C)C)cc1. The largest absolute Gasteiger partial charge is 0.497 e. The van der Waals surface area contributed by atoms with Crippen molar-refractivity contribution in [2.45, 2.75) is 25.9 Å². The number of methoxy groups -OCH3 is 1. The molecule has 6 nitrogen and oxygen atoms in total. The van der Waals surface area contributed by atoms with Crippen molar-refractivity contribution in [3.05, 3.63) is 29.8 Å². The lowest BCUT2D eigenvalue weighted by atomic mass is 10.1. The quantitative estimate of drug-likeness (QED) is 0.754. The second-order valence-corrected chi connectivity index (χ2v) is 6.91. The zero-order valence-electron chi connectivity index (χ0n) is 13.3. The van der Waals surface area contributed by atoms with Crippen molar-refractivity contribution in [2.24, 2.45) is 0 Å². The molecule has 0 aromatic heterocycles. The molecule has 0 aliphatic heterocycles. The van der Waals surface area contributed by atoms with E-state index < -0.39 is 10.2 Å². The average molecular weight is 315 g/mol. The van der Waals surface area contributed by atoms with Gasteiger partial charge in [-0.15, -0.1) is 0 Å². The molecule has 1 aromatic carbocycles. The Morgan fingerprint density at radius 2 is 1.76 bits per heavy atom. The molecule has 7 heteroatoms. The summed E-state index contributed by atoms with van der Waals surface area (Å²) in [6.07, 6.45) is 0. The van der Waals surface area contributed by atoms with Crippen LogP contribution in [0.5, 0.6) is 5.75 Å². The summed E-state index contributed by atoms with van der Waals surface area (Å²) in [5.41, 5.74) is 1.02. The first-order valence-electron chi connectivity index (χ1n) is 6.82. The molecule has 0 saturated carbocycles. The molecule has 120 valence electrons. The fourth-order valence-corrected chi connectivity index (χ4v) is 3.05. The van der Waals surface area contributed by atoms with Gasteiger partial charge >= 0.3 is 0 Å². The predicted molar refractivity (Wildman–Crippen MR) is 84.6 cm³/mol. The van der Waals surface area contributed by atoms with Gasteiger partial charge in [-0.05, 0) is 45.6 Å². The average Bonchev–Trinajstić information content (AvgIpc) is 2.37. The fourth-order valence-electron chi connectivity index (χ4n) is 1.97. The van der Waals surface area contributed by atoms with E-state index >= 15 is 0 Å². The van der Waals surface area contributed by atoms with Gasteiger partial charge in [0.2, 0.25) is 0 Å². The first kappa shape index (κ1) is 17.9. The second-order valence-electron chi connectivity index (χ2n) is 5.38. The van der Waals surface area contributed by atoms with E-state index in [4.69, 9.17) is 4.74 Å². The molecule has 0 spiro atoms. The molecule has 2 N–H and O–H groups in total. The molecule has 1 atom stereocenters. The summed E-state index contributed by atoms with van der Waals surface area (Å²) >= 11 is 0. The highest BCUT2D eigenvalue weighted by Gasteiger charge is 2.18. The van der Waals surface area contributed by atoms with Crippen molar-refractivity contribution in [3.63, 3.8) is 0 Å². The Kier molecular flexibility index (Phi) is 6.60. The molecule has 0 saturated heterocycles. The zero-order valence-corrected chi connectivity index (χ0v) is 14.1. The summed E-state index contributed by atoms with van der Waals surface area (Å²) in [4.78, 5) is 1.97. The Labute approximate surface area is 127 Å². The minimum Gasteiger partial charge on any atom is -0.497 e. The molecule has 21 heavy (non-hydrogen) atoms. The maximum Gasteiger partial charge on any atom is 0.277 e. The molecule has 0 radical (unpaired) electrons. The lowest BCUT2D eigenvalue weighted by Crippen LogP contribution is -2.43. The number of ether oxygens (including phenoxy) is 1. The molecule has 0 heterocycles. The van der Waals surface area contributed by atoms with Crippen LogP contribution in [0.2, 0.25) is 0 Å². The van der Waals surface area contributed by atoms with E-state index in [1.807, 2.05) is 43.3 Å². The van der Waals surface area contributed by atoms with Gasteiger partial charge in [0.25, 0.3) is 10.2 Å². The normalized spacial score (nSPS) is 13.7. The van der Waals surface area contributed by atoms with Crippen molar-refractivity contribution >= 4 is 10.2 Å². The van der Waals surface area contributed by atoms with Gasteiger partial charge in [0.15, 0.2) is 0 Å². The zero-order chi connectivity index (χ0) is 16.0. The smallest absolute Gasteiger partial charge is 0.277 e. The number of nitrogens with zero attached hydrogens (tertiary/aromatic N) is 1. The second kappa shape index (κ2) is 7.74. The third-order valence-corrected chi connectivity index (χ3v) is 4.31. The molecule has 0 amide bonds. The van der Waals surface area contributed by atoms with Gasteiger partial charge in [0, 0.05) is 18.6 Å². The maximum absolute atomic E-state index is 11.8. The fraction of sp³-hybridized carbons (Fsp3) is 0.571. The van der Waals surface area contributed by atoms with Crippen LogP contribution in [0, 0.1) is 0 Å². The van der Waals surface area contributed by atoms with E-state index in [0.29, 0.717) is 6.54 Å². The third-order valence-electron chi connectivity index (χ3n) is 2.98. The highest BCUT2D eigenvalue weighted by atomic mass is 32.2. The Morgan fingerprint density at radius 3 is 2.19 bits per heavy atom. The van der Waals surface area contributed by atoms with Crippen molar-refractivity contribution < 1.29 is 13.2 Å². The highest BCUT2D eigenvalue weighted by Crippen LogP contribution is 2.20. The molecule has 0 bridgehead atoms. The summed E-state index contributed by atoms with van der Waals surface area (Å²) in [7, 11) is 1.97. The van der Waals surface area contributed by atoms with Gasteiger partial charge in [-0.1, -0.05) is 12.1 Å². The van der Waals surface area contributed by atoms with E-state index in [-0.39, 0.29) is 12.1 Å². The predicted octanol–water partition coefficient (Wildman–Crippen LogP) is 1.13. The van der Waals surface area contributed by atoms with Crippen molar-refractivity contribution in [1.29, 1.82) is 0 Å². The molecule has 0 aliphatic rings. The van der Waals surface area contributed by atoms with Gasteiger partial charge in [0.1, 0.15) is 5.75 Å². The van der Waals surface area contributed by atoms with Crippen LogP contribution in [-0.4, -0.2) is 47.1 Å². The highest BCUT2D eigenvalue weighted by molar-refractivity contribution is 7.87. The summed E-state index contributed by atoms with van der Waals surface area (Å²) in [6, 6.07) is 7.42. The maximum atomic E-state index is 11.8. The Hall–Kier alpha value is -1.15. The Bertz CT molecular complexity index is 527. The summed E-state index contributed by atoms with van der Waals surface area (Å²) in [6.45, 7) is 3.86. The summed E-state index contributed by atoms with van der Waals surface area (Å²) < 4.78 is 33.9. The molecule has 1 rings (SSSR count). The van der Waals surface area contributed by atoms with Crippen LogP contribution in [0.15, 0.2) is 24.3 Å². The molecular formula is C14H25N3O3S. The van der Waals surface area contributed by atoms with Gasteiger partial charge < -0.3 is 9.64 Å². The molecule has 1 unspecified atom stereocenters. The van der Waals surface area contributed by atoms with Crippen LogP contribution in [-0.2, 0) is 10.2 Å². The molecule has 1 aromatic rings. The van der Waals surface area contributed by atoms with Crippen LogP contribution in [0.3, 0.4) is 0 Å². The lowest BCUT2D eigenvalue weighted by Gasteiger charge is -2.25. The van der Waals surface area contributed by atoms with Crippen LogP contribution >= 0.6 is 0 Å². The van der Waals surface area contributed by atoms with Gasteiger partial charge in [-0.25, -0.2) is 4.72 Å². The minimum absolute atomic E-state index is 0.0559. The van der Waals surface area contributed by atoms with Crippen molar-refractivity contribution in [2.75, 3.05) is 27.7 Å². The number of hydrogen-bond acceptors (Lipinski definition) is 4. The lowest BCUT2D eigenvalue weighted by molar-refractivity contribution is 0.299. The first-order chi connectivity index (χ1) is 9.75. The summed E-state index contributed by atoms with van der Waals surface area (Å²) in [5, 5.41) is 0. The number of benzene rings is 1. The number of hydrogen-bond donors (Lipinski definition) is 2. The summed E-state index contributed by atoms with van der Waals surface area (Å²) in [5.74, 6) is 0.776. The van der Waals surface area contributed by atoms with Crippen LogP contribution in [0.1, 0.15) is 25.5 Å². The number of rotatable bonds is 8. The van der Waals surface area contributed by atoms with E-state index in [1.165, 1.54) is 0 Å².